The zero-order valence-electron chi connectivity index (χ0n) is 9.95. The maximum absolute atomic E-state index is 11.7. The van der Waals surface area contributed by atoms with Gasteiger partial charge in [0.15, 0.2) is 0 Å². The van der Waals surface area contributed by atoms with E-state index < -0.39 is 11.5 Å². The average Bonchev–Trinajstić information content (AvgIpc) is 2.30. The minimum Gasteiger partial charge on any atom is -0.480 e. The predicted octanol–water partition coefficient (Wildman–Crippen LogP) is 2.21. The molecule has 0 radical (unpaired) electrons. The number of carboxylic acids is 1. The van der Waals surface area contributed by atoms with E-state index in [1.165, 1.54) is 6.42 Å². The molecule has 92 valence electrons. The molecule has 2 rings (SSSR count). The van der Waals surface area contributed by atoms with Gasteiger partial charge in [-0.1, -0.05) is 13.3 Å². The van der Waals surface area contributed by atoms with E-state index in [1.54, 1.807) is 0 Å². The largest absolute Gasteiger partial charge is 0.480 e. The zero-order valence-corrected chi connectivity index (χ0v) is 10.8. The Kier molecular flexibility index (Phi) is 3.80. The molecule has 16 heavy (non-hydrogen) atoms. The van der Waals surface area contributed by atoms with Crippen LogP contribution in [0, 0.1) is 0 Å². The van der Waals surface area contributed by atoms with Crippen LogP contribution < -0.4 is 0 Å². The molecule has 0 saturated carbocycles. The Morgan fingerprint density at radius 1 is 1.31 bits per heavy atom. The molecule has 0 amide bonds. The van der Waals surface area contributed by atoms with Crippen LogP contribution in [0.5, 0.6) is 0 Å². The maximum Gasteiger partial charge on any atom is 0.325 e. The normalized spacial score (nSPS) is 37.2. The summed E-state index contributed by atoms with van der Waals surface area (Å²) >= 11 is 1.82. The molecule has 2 unspecified atom stereocenters. The summed E-state index contributed by atoms with van der Waals surface area (Å²) in [4.78, 5) is 14.0. The number of carboxylic acid groups (broad SMARTS) is 1. The third-order valence-electron chi connectivity index (χ3n) is 4.03. The van der Waals surface area contributed by atoms with Gasteiger partial charge in [-0.25, -0.2) is 0 Å². The second-order valence-corrected chi connectivity index (χ2v) is 6.34. The molecule has 1 N–H and O–H groups in total. The molecule has 0 aromatic heterocycles. The molecule has 3 nitrogen and oxygen atoms in total. The van der Waals surface area contributed by atoms with E-state index in [-0.39, 0.29) is 5.25 Å². The number of likely N-dealkylation sites (tertiary alicyclic amines) is 1. The quantitative estimate of drug-likeness (QED) is 0.807. The van der Waals surface area contributed by atoms with Crippen LogP contribution in [0.25, 0.3) is 0 Å². The highest BCUT2D eigenvalue weighted by atomic mass is 32.2. The number of nitrogens with zero attached hydrogens (tertiary/aromatic N) is 1. The number of rotatable bonds is 2. The highest BCUT2D eigenvalue weighted by molar-refractivity contribution is 8.00. The minimum atomic E-state index is -0.603. The van der Waals surface area contributed by atoms with Gasteiger partial charge in [-0.15, -0.1) is 0 Å². The van der Waals surface area contributed by atoms with Gasteiger partial charge in [0.25, 0.3) is 0 Å². The van der Waals surface area contributed by atoms with Crippen molar-refractivity contribution in [1.29, 1.82) is 0 Å². The summed E-state index contributed by atoms with van der Waals surface area (Å²) in [5, 5.41) is 9.88. The van der Waals surface area contributed by atoms with Crippen molar-refractivity contribution in [3.63, 3.8) is 0 Å². The van der Waals surface area contributed by atoms with Crippen molar-refractivity contribution in [3.8, 4) is 0 Å². The number of piperidine rings is 1. The van der Waals surface area contributed by atoms with Gasteiger partial charge < -0.3 is 5.11 Å². The van der Waals surface area contributed by atoms with Gasteiger partial charge in [0.05, 0.1) is 0 Å². The highest BCUT2D eigenvalue weighted by Gasteiger charge is 2.50. The van der Waals surface area contributed by atoms with Gasteiger partial charge in [0.1, 0.15) is 5.54 Å². The number of hydrogen-bond donors (Lipinski definition) is 1. The Labute approximate surface area is 102 Å². The third kappa shape index (κ3) is 1.97. The standard InChI is InChI=1S/C12H21NO2S/c1-10-12(11(14)15,6-5-9-16-10)13-7-3-2-4-8-13/h10H,2-9H2,1H3,(H,14,15). The first-order valence-electron chi connectivity index (χ1n) is 6.28. The Morgan fingerprint density at radius 2 is 2.00 bits per heavy atom. The van der Waals surface area contributed by atoms with Gasteiger partial charge in [-0.3, -0.25) is 9.69 Å². The first-order valence-corrected chi connectivity index (χ1v) is 7.33. The van der Waals surface area contributed by atoms with Gasteiger partial charge >= 0.3 is 5.97 Å². The zero-order chi connectivity index (χ0) is 11.6. The van der Waals surface area contributed by atoms with Crippen molar-refractivity contribution in [2.45, 2.75) is 49.8 Å². The van der Waals surface area contributed by atoms with Gasteiger partial charge in [-0.2, -0.15) is 11.8 Å². The number of hydrogen-bond acceptors (Lipinski definition) is 3. The third-order valence-corrected chi connectivity index (χ3v) is 5.45. The fourth-order valence-corrected chi connectivity index (χ4v) is 4.38. The molecular weight excluding hydrogens is 222 g/mol. The number of carbonyl (C=O) groups is 1. The molecule has 4 heteroatoms. The fraction of sp³-hybridized carbons (Fsp3) is 0.917. The second kappa shape index (κ2) is 4.96. The Morgan fingerprint density at radius 3 is 2.56 bits per heavy atom. The van der Waals surface area contributed by atoms with Gasteiger partial charge in [0.2, 0.25) is 0 Å². The molecule has 0 aliphatic carbocycles. The van der Waals surface area contributed by atoms with Crippen LogP contribution in [-0.4, -0.2) is 45.6 Å². The summed E-state index contributed by atoms with van der Waals surface area (Å²) in [5.41, 5.74) is -0.580. The minimum absolute atomic E-state index is 0.219. The van der Waals surface area contributed by atoms with Crippen LogP contribution in [-0.2, 0) is 4.79 Å². The molecule has 2 heterocycles. The van der Waals surface area contributed by atoms with E-state index in [4.69, 9.17) is 0 Å². The fourth-order valence-electron chi connectivity index (χ4n) is 3.07. The van der Waals surface area contributed by atoms with Crippen molar-refractivity contribution in [2.75, 3.05) is 18.8 Å². The van der Waals surface area contributed by atoms with Gasteiger partial charge in [-0.05, 0) is 44.5 Å². The van der Waals surface area contributed by atoms with E-state index in [9.17, 15) is 9.90 Å². The molecular formula is C12H21NO2S. The van der Waals surface area contributed by atoms with E-state index >= 15 is 0 Å². The lowest BCUT2D eigenvalue weighted by Gasteiger charge is -2.48. The van der Waals surface area contributed by atoms with Crippen LogP contribution >= 0.6 is 11.8 Å². The predicted molar refractivity (Wildman–Crippen MR) is 66.9 cm³/mol. The van der Waals surface area contributed by atoms with Crippen molar-refractivity contribution in [2.24, 2.45) is 0 Å². The van der Waals surface area contributed by atoms with E-state index in [2.05, 4.69) is 11.8 Å². The van der Waals surface area contributed by atoms with E-state index in [0.29, 0.717) is 0 Å². The highest BCUT2D eigenvalue weighted by Crippen LogP contribution is 2.40. The maximum atomic E-state index is 11.7. The lowest BCUT2D eigenvalue weighted by molar-refractivity contribution is -0.153. The van der Waals surface area contributed by atoms with E-state index in [1.807, 2.05) is 11.8 Å². The summed E-state index contributed by atoms with van der Waals surface area (Å²) in [6.45, 7) is 4.03. The van der Waals surface area contributed by atoms with Crippen LogP contribution in [0.1, 0.15) is 39.0 Å². The Hall–Kier alpha value is -0.220. The monoisotopic (exact) mass is 243 g/mol. The lowest BCUT2D eigenvalue weighted by Crippen LogP contribution is -2.62. The second-order valence-electron chi connectivity index (χ2n) is 4.89. The average molecular weight is 243 g/mol. The topological polar surface area (TPSA) is 40.5 Å². The van der Waals surface area contributed by atoms with Gasteiger partial charge in [0, 0.05) is 5.25 Å². The first kappa shape index (κ1) is 12.2. The molecule has 2 aliphatic rings. The smallest absolute Gasteiger partial charge is 0.325 e. The number of thioether (sulfide) groups is 1. The van der Waals surface area contributed by atoms with Crippen molar-refractivity contribution < 1.29 is 9.90 Å². The van der Waals surface area contributed by atoms with Crippen molar-refractivity contribution in [1.82, 2.24) is 4.90 Å². The first-order chi connectivity index (χ1) is 7.68. The molecule has 2 aliphatic heterocycles. The molecule has 0 aromatic rings. The molecule has 2 atom stereocenters. The van der Waals surface area contributed by atoms with E-state index in [0.717, 1.165) is 44.5 Å². The van der Waals surface area contributed by atoms with Crippen molar-refractivity contribution >= 4 is 17.7 Å². The van der Waals surface area contributed by atoms with Crippen LogP contribution in [0.15, 0.2) is 0 Å². The molecule has 0 spiro atoms. The van der Waals surface area contributed by atoms with Crippen LogP contribution in [0.4, 0.5) is 0 Å². The van der Waals surface area contributed by atoms with Crippen molar-refractivity contribution in [3.05, 3.63) is 0 Å². The number of aliphatic carboxylic acids is 1. The molecule has 2 fully saturated rings. The molecule has 0 aromatic carbocycles. The van der Waals surface area contributed by atoms with Crippen LogP contribution in [0.3, 0.4) is 0 Å². The Balaban J connectivity index is 2.22. The summed E-state index contributed by atoms with van der Waals surface area (Å²) < 4.78 is 0. The summed E-state index contributed by atoms with van der Waals surface area (Å²) in [7, 11) is 0. The lowest BCUT2D eigenvalue weighted by atomic mass is 9.86. The Bertz CT molecular complexity index is 266. The summed E-state index contributed by atoms with van der Waals surface area (Å²) in [5.74, 6) is 0.512. The van der Waals surface area contributed by atoms with Crippen LogP contribution in [0.2, 0.25) is 0 Å². The molecule has 0 bridgehead atoms. The SMILES string of the molecule is CC1SCCCC1(C(=O)O)N1CCCCC1. The summed E-state index contributed by atoms with van der Waals surface area (Å²) in [6.07, 6.45) is 5.45. The summed E-state index contributed by atoms with van der Waals surface area (Å²) in [6, 6.07) is 0. The molecule has 2 saturated heterocycles.